The highest BCUT2D eigenvalue weighted by molar-refractivity contribution is 5.83. The lowest BCUT2D eigenvalue weighted by Gasteiger charge is -2.27. The van der Waals surface area contributed by atoms with E-state index in [1.54, 1.807) is 17.2 Å². The van der Waals surface area contributed by atoms with E-state index in [1.165, 1.54) is 19.3 Å². The molecular weight excluding hydrogens is 270 g/mol. The number of anilines is 1. The molecule has 7 heteroatoms. The van der Waals surface area contributed by atoms with E-state index < -0.39 is 6.04 Å². The molecule has 0 aromatic carbocycles. The summed E-state index contributed by atoms with van der Waals surface area (Å²) in [6, 6.07) is 0.164. The Kier molecular flexibility index (Phi) is 3.04. The predicted octanol–water partition coefficient (Wildman–Crippen LogP) is 0.341. The molecular formula is C14H19N5O2. The van der Waals surface area contributed by atoms with Crippen LogP contribution in [0.15, 0.2) is 12.7 Å². The molecule has 0 radical (unpaired) electrons. The molecule has 2 bridgehead atoms. The molecule has 0 spiro atoms. The maximum Gasteiger partial charge on any atom is 0.165 e. The lowest BCUT2D eigenvalue weighted by molar-refractivity contribution is 0.156. The van der Waals surface area contributed by atoms with E-state index in [2.05, 4.69) is 19.9 Å². The number of fused-ring (bicyclic) bond motifs is 3. The zero-order valence-electron chi connectivity index (χ0n) is 11.8. The third kappa shape index (κ3) is 1.91. The molecule has 4 rings (SSSR count). The molecule has 2 aromatic heterocycles. The molecule has 2 aliphatic rings. The van der Waals surface area contributed by atoms with Crippen molar-refractivity contribution in [1.82, 2.24) is 19.5 Å². The Balaban J connectivity index is 1.77. The van der Waals surface area contributed by atoms with Crippen LogP contribution in [0, 0.1) is 5.92 Å². The molecule has 21 heavy (non-hydrogen) atoms. The SMILES string of the molecule is OCC(CO)n1cnc2c(N3CC4CCC3C4)ncnc21. The molecule has 112 valence electrons. The molecule has 1 aliphatic carbocycles. The van der Waals surface area contributed by atoms with Gasteiger partial charge in [0.15, 0.2) is 17.0 Å². The maximum absolute atomic E-state index is 9.36. The molecule has 3 heterocycles. The number of nitrogens with zero attached hydrogens (tertiary/aromatic N) is 5. The number of hydrogen-bond donors (Lipinski definition) is 2. The molecule has 2 fully saturated rings. The summed E-state index contributed by atoms with van der Waals surface area (Å²) >= 11 is 0. The van der Waals surface area contributed by atoms with E-state index in [1.807, 2.05) is 0 Å². The van der Waals surface area contributed by atoms with Crippen molar-refractivity contribution in [2.45, 2.75) is 31.3 Å². The van der Waals surface area contributed by atoms with E-state index in [0.29, 0.717) is 11.7 Å². The van der Waals surface area contributed by atoms with Gasteiger partial charge in [-0.1, -0.05) is 0 Å². The fourth-order valence-electron chi connectivity index (χ4n) is 3.73. The van der Waals surface area contributed by atoms with Crippen molar-refractivity contribution in [2.75, 3.05) is 24.7 Å². The third-order valence-corrected chi connectivity index (χ3v) is 4.84. The van der Waals surface area contributed by atoms with Crippen LogP contribution < -0.4 is 4.90 Å². The number of aromatic nitrogens is 4. The minimum Gasteiger partial charge on any atom is -0.394 e. The molecule has 1 saturated heterocycles. The van der Waals surface area contributed by atoms with Crippen LogP contribution in [0.25, 0.3) is 11.2 Å². The lowest BCUT2D eigenvalue weighted by Crippen LogP contribution is -2.32. The summed E-state index contributed by atoms with van der Waals surface area (Å²) < 4.78 is 1.73. The van der Waals surface area contributed by atoms with Gasteiger partial charge in [-0.3, -0.25) is 0 Å². The highest BCUT2D eigenvalue weighted by Gasteiger charge is 2.39. The lowest BCUT2D eigenvalue weighted by atomic mass is 10.1. The first kappa shape index (κ1) is 13.0. The van der Waals surface area contributed by atoms with Crippen LogP contribution >= 0.6 is 0 Å². The minimum absolute atomic E-state index is 0.143. The first-order chi connectivity index (χ1) is 10.3. The fourth-order valence-corrected chi connectivity index (χ4v) is 3.73. The van der Waals surface area contributed by atoms with E-state index in [-0.39, 0.29) is 13.2 Å². The minimum atomic E-state index is -0.409. The zero-order valence-corrected chi connectivity index (χ0v) is 11.8. The summed E-state index contributed by atoms with van der Waals surface area (Å²) in [6.07, 6.45) is 6.98. The predicted molar refractivity (Wildman–Crippen MR) is 77.0 cm³/mol. The van der Waals surface area contributed by atoms with Gasteiger partial charge in [-0.2, -0.15) is 0 Å². The highest BCUT2D eigenvalue weighted by Crippen LogP contribution is 2.40. The second kappa shape index (κ2) is 4.92. The third-order valence-electron chi connectivity index (χ3n) is 4.84. The highest BCUT2D eigenvalue weighted by atomic mass is 16.3. The van der Waals surface area contributed by atoms with E-state index >= 15 is 0 Å². The zero-order chi connectivity index (χ0) is 14.4. The summed E-state index contributed by atoms with van der Waals surface area (Å²) in [5, 5.41) is 18.7. The van der Waals surface area contributed by atoms with Gasteiger partial charge in [-0.15, -0.1) is 0 Å². The normalized spacial score (nSPS) is 24.6. The maximum atomic E-state index is 9.36. The second-order valence-corrected chi connectivity index (χ2v) is 6.03. The van der Waals surface area contributed by atoms with Crippen molar-refractivity contribution in [1.29, 1.82) is 0 Å². The van der Waals surface area contributed by atoms with Crippen LogP contribution in [0.2, 0.25) is 0 Å². The standard InChI is InChI=1S/C14H19N5O2/c20-5-11(6-21)19-8-17-12-13(15-7-16-14(12)19)18-4-9-1-2-10(18)3-9/h7-11,20-21H,1-6H2. The number of piperidine rings is 1. The molecule has 2 atom stereocenters. The largest absolute Gasteiger partial charge is 0.394 e. The van der Waals surface area contributed by atoms with Gasteiger partial charge < -0.3 is 19.7 Å². The fraction of sp³-hybridized carbons (Fsp3) is 0.643. The van der Waals surface area contributed by atoms with E-state index in [4.69, 9.17) is 0 Å². The van der Waals surface area contributed by atoms with Gasteiger partial charge in [-0.25, -0.2) is 15.0 Å². The summed E-state index contributed by atoms with van der Waals surface area (Å²) in [7, 11) is 0. The monoisotopic (exact) mass is 289 g/mol. The first-order valence-corrected chi connectivity index (χ1v) is 7.47. The van der Waals surface area contributed by atoms with E-state index in [9.17, 15) is 10.2 Å². The van der Waals surface area contributed by atoms with Crippen molar-refractivity contribution < 1.29 is 10.2 Å². The van der Waals surface area contributed by atoms with Crippen LogP contribution in [0.1, 0.15) is 25.3 Å². The van der Waals surface area contributed by atoms with Crippen molar-refractivity contribution in [3.63, 3.8) is 0 Å². The molecule has 7 nitrogen and oxygen atoms in total. The van der Waals surface area contributed by atoms with Gasteiger partial charge in [-0.05, 0) is 25.2 Å². The Morgan fingerprint density at radius 3 is 2.71 bits per heavy atom. The Morgan fingerprint density at radius 2 is 2.05 bits per heavy atom. The summed E-state index contributed by atoms with van der Waals surface area (Å²) in [5.41, 5.74) is 1.44. The molecule has 2 N–H and O–H groups in total. The summed E-state index contributed by atoms with van der Waals surface area (Å²) in [5.74, 6) is 1.67. The Morgan fingerprint density at radius 1 is 1.19 bits per heavy atom. The molecule has 0 amide bonds. The van der Waals surface area contributed by atoms with Gasteiger partial charge in [0.1, 0.15) is 6.33 Å². The molecule has 1 aliphatic heterocycles. The topological polar surface area (TPSA) is 87.3 Å². The van der Waals surface area contributed by atoms with Crippen molar-refractivity contribution in [3.05, 3.63) is 12.7 Å². The number of imidazole rings is 1. The van der Waals surface area contributed by atoms with Crippen LogP contribution in [-0.2, 0) is 0 Å². The second-order valence-electron chi connectivity index (χ2n) is 6.03. The van der Waals surface area contributed by atoms with Gasteiger partial charge in [0.25, 0.3) is 0 Å². The van der Waals surface area contributed by atoms with Gasteiger partial charge in [0.05, 0.1) is 25.6 Å². The average Bonchev–Trinajstić information content (AvgIpc) is 3.23. The van der Waals surface area contributed by atoms with Crippen LogP contribution in [0.4, 0.5) is 5.82 Å². The van der Waals surface area contributed by atoms with Crippen LogP contribution in [-0.4, -0.2) is 55.5 Å². The molecule has 2 aromatic rings. The Bertz CT molecular complexity index is 654. The van der Waals surface area contributed by atoms with Gasteiger partial charge >= 0.3 is 0 Å². The van der Waals surface area contributed by atoms with Crippen LogP contribution in [0.3, 0.4) is 0 Å². The smallest absolute Gasteiger partial charge is 0.165 e. The summed E-state index contributed by atoms with van der Waals surface area (Å²) in [6.45, 7) is 0.762. The number of aliphatic hydroxyl groups is 2. The number of hydrogen-bond acceptors (Lipinski definition) is 6. The quantitative estimate of drug-likeness (QED) is 0.844. The molecule has 2 unspecified atom stereocenters. The Hall–Kier alpha value is -1.73. The summed E-state index contributed by atoms with van der Waals surface area (Å²) in [4.78, 5) is 15.5. The van der Waals surface area contributed by atoms with Crippen molar-refractivity contribution in [2.24, 2.45) is 5.92 Å². The van der Waals surface area contributed by atoms with Gasteiger partial charge in [0, 0.05) is 12.6 Å². The van der Waals surface area contributed by atoms with Gasteiger partial charge in [0.2, 0.25) is 0 Å². The first-order valence-electron chi connectivity index (χ1n) is 7.47. The molecule has 1 saturated carbocycles. The average molecular weight is 289 g/mol. The van der Waals surface area contributed by atoms with E-state index in [0.717, 1.165) is 23.8 Å². The Labute approximate surface area is 122 Å². The van der Waals surface area contributed by atoms with Crippen molar-refractivity contribution in [3.8, 4) is 0 Å². The van der Waals surface area contributed by atoms with Crippen LogP contribution in [0.5, 0.6) is 0 Å². The number of aliphatic hydroxyl groups excluding tert-OH is 2. The van der Waals surface area contributed by atoms with Crippen molar-refractivity contribution >= 4 is 17.0 Å². The number of rotatable bonds is 4.